The number of imide groups is 1. The molecule has 4 rings (SSSR count). The lowest BCUT2D eigenvalue weighted by Crippen LogP contribution is -2.27. The molecule has 1 fully saturated rings. The van der Waals surface area contributed by atoms with Crippen molar-refractivity contribution in [2.75, 3.05) is 0 Å². The number of aromatic nitrogens is 1. The third-order valence-corrected chi connectivity index (χ3v) is 7.35. The number of benzene rings is 2. The fourth-order valence-corrected chi connectivity index (χ4v) is 4.94. The largest absolute Gasteiger partial charge is 0.318 e. The third kappa shape index (κ3) is 4.25. The van der Waals surface area contributed by atoms with Crippen LogP contribution in [0, 0.1) is 27.7 Å². The number of hydrogen-bond donors (Lipinski definition) is 0. The van der Waals surface area contributed by atoms with Gasteiger partial charge in [0, 0.05) is 17.1 Å². The quantitative estimate of drug-likeness (QED) is 0.366. The molecule has 3 aromatic rings. The Bertz CT molecular complexity index is 1290. The first-order chi connectivity index (χ1) is 15.2. The van der Waals surface area contributed by atoms with Crippen molar-refractivity contribution in [2.24, 2.45) is 0 Å². The monoisotopic (exact) mass is 484 g/mol. The first-order valence-corrected chi connectivity index (χ1v) is 11.7. The summed E-state index contributed by atoms with van der Waals surface area (Å²) in [6.45, 7) is 8.40. The molecule has 0 N–H and O–H groups in total. The van der Waals surface area contributed by atoms with Crippen LogP contribution in [0.15, 0.2) is 47.4 Å². The Labute approximate surface area is 201 Å². The first kappa shape index (κ1) is 22.7. The van der Waals surface area contributed by atoms with E-state index in [1.54, 1.807) is 24.3 Å². The summed E-state index contributed by atoms with van der Waals surface area (Å²) in [6, 6.07) is 13.5. The van der Waals surface area contributed by atoms with Crippen LogP contribution >= 0.6 is 35.0 Å². The number of halogens is 2. The van der Waals surface area contributed by atoms with Gasteiger partial charge in [0.1, 0.15) is 0 Å². The van der Waals surface area contributed by atoms with Gasteiger partial charge in [0.05, 0.1) is 21.5 Å². The zero-order chi connectivity index (χ0) is 23.2. The van der Waals surface area contributed by atoms with E-state index >= 15 is 0 Å². The standard InChI is InChI=1S/C25H22Cl2N2O2S/c1-14-5-7-20(9-15(14)2)29-16(3)10-19(17(29)4)12-23-24(30)28(25(31)32-23)13-18-6-8-21(26)22(27)11-18/h5-12H,13H2,1-4H3/b23-12-. The minimum atomic E-state index is -0.304. The van der Waals surface area contributed by atoms with Gasteiger partial charge in [0.25, 0.3) is 11.1 Å². The number of carbonyl (C=O) groups excluding carboxylic acids is 2. The predicted octanol–water partition coefficient (Wildman–Crippen LogP) is 7.25. The van der Waals surface area contributed by atoms with Gasteiger partial charge in [-0.15, -0.1) is 0 Å². The highest BCUT2D eigenvalue weighted by Crippen LogP contribution is 2.35. The highest BCUT2D eigenvalue weighted by molar-refractivity contribution is 8.18. The van der Waals surface area contributed by atoms with E-state index < -0.39 is 0 Å². The summed E-state index contributed by atoms with van der Waals surface area (Å²) in [4.78, 5) is 27.2. The van der Waals surface area contributed by atoms with Gasteiger partial charge in [-0.1, -0.05) is 35.3 Å². The molecule has 0 spiro atoms. The highest BCUT2D eigenvalue weighted by atomic mass is 35.5. The number of thioether (sulfide) groups is 1. The second-order valence-corrected chi connectivity index (χ2v) is 9.75. The van der Waals surface area contributed by atoms with E-state index in [4.69, 9.17) is 23.2 Å². The fraction of sp³-hybridized carbons (Fsp3) is 0.200. The van der Waals surface area contributed by atoms with Crippen molar-refractivity contribution in [1.82, 2.24) is 9.47 Å². The van der Waals surface area contributed by atoms with Gasteiger partial charge in [-0.25, -0.2) is 0 Å². The molecule has 1 aromatic heterocycles. The molecule has 7 heteroatoms. The van der Waals surface area contributed by atoms with Crippen molar-refractivity contribution in [2.45, 2.75) is 34.2 Å². The van der Waals surface area contributed by atoms with Crippen molar-refractivity contribution < 1.29 is 9.59 Å². The van der Waals surface area contributed by atoms with Gasteiger partial charge in [-0.05, 0) is 98.1 Å². The Morgan fingerprint density at radius 1 is 0.906 bits per heavy atom. The summed E-state index contributed by atoms with van der Waals surface area (Å²) < 4.78 is 2.16. The molecule has 2 amide bonds. The van der Waals surface area contributed by atoms with Crippen LogP contribution in [0.5, 0.6) is 0 Å². The summed E-state index contributed by atoms with van der Waals surface area (Å²) in [5, 5.41) is 0.532. The maximum atomic E-state index is 13.0. The van der Waals surface area contributed by atoms with E-state index in [2.05, 4.69) is 36.6 Å². The van der Waals surface area contributed by atoms with Crippen LogP contribution in [-0.2, 0) is 11.3 Å². The van der Waals surface area contributed by atoms with Gasteiger partial charge >= 0.3 is 0 Å². The molecule has 4 nitrogen and oxygen atoms in total. The zero-order valence-electron chi connectivity index (χ0n) is 18.2. The van der Waals surface area contributed by atoms with Gasteiger partial charge in [0.15, 0.2) is 0 Å². The molecular formula is C25H22Cl2N2O2S. The second-order valence-electron chi connectivity index (χ2n) is 7.95. The van der Waals surface area contributed by atoms with Crippen molar-refractivity contribution >= 4 is 52.2 Å². The average molecular weight is 485 g/mol. The Kier molecular flexibility index (Phi) is 6.26. The van der Waals surface area contributed by atoms with E-state index in [1.165, 1.54) is 16.0 Å². The van der Waals surface area contributed by atoms with Gasteiger partial charge in [-0.3, -0.25) is 14.5 Å². The molecule has 0 saturated carbocycles. The van der Waals surface area contributed by atoms with Gasteiger partial charge < -0.3 is 4.57 Å². The summed E-state index contributed by atoms with van der Waals surface area (Å²) in [6.07, 6.45) is 1.81. The minimum absolute atomic E-state index is 0.153. The maximum Gasteiger partial charge on any atom is 0.293 e. The Morgan fingerprint density at radius 2 is 1.66 bits per heavy atom. The van der Waals surface area contributed by atoms with Crippen molar-refractivity contribution in [3.8, 4) is 5.69 Å². The van der Waals surface area contributed by atoms with Gasteiger partial charge in [0.2, 0.25) is 0 Å². The number of carbonyl (C=O) groups is 2. The topological polar surface area (TPSA) is 42.3 Å². The molecule has 1 aliphatic rings. The Balaban J connectivity index is 1.63. The van der Waals surface area contributed by atoms with Gasteiger partial charge in [-0.2, -0.15) is 0 Å². The van der Waals surface area contributed by atoms with Crippen LogP contribution < -0.4 is 0 Å². The highest BCUT2D eigenvalue weighted by Gasteiger charge is 2.35. The lowest BCUT2D eigenvalue weighted by molar-refractivity contribution is -0.123. The van der Waals surface area contributed by atoms with E-state index in [9.17, 15) is 9.59 Å². The molecule has 0 unspecified atom stereocenters. The second kappa shape index (κ2) is 8.81. The number of amides is 2. The lowest BCUT2D eigenvalue weighted by Gasteiger charge is -2.13. The van der Waals surface area contributed by atoms with E-state index in [0.717, 1.165) is 40.0 Å². The Hall–Kier alpha value is -2.47. The number of aryl methyl sites for hydroxylation is 3. The summed E-state index contributed by atoms with van der Waals surface area (Å²) in [5.41, 5.74) is 7.29. The van der Waals surface area contributed by atoms with Crippen LogP contribution in [0.1, 0.15) is 33.6 Å². The predicted molar refractivity (Wildman–Crippen MR) is 133 cm³/mol. The van der Waals surface area contributed by atoms with Crippen molar-refractivity contribution in [1.29, 1.82) is 0 Å². The van der Waals surface area contributed by atoms with Crippen LogP contribution in [0.4, 0.5) is 4.79 Å². The van der Waals surface area contributed by atoms with Crippen molar-refractivity contribution in [3.05, 3.63) is 91.1 Å². The number of nitrogens with zero attached hydrogens (tertiary/aromatic N) is 2. The Morgan fingerprint density at radius 3 is 2.34 bits per heavy atom. The average Bonchev–Trinajstić information content (AvgIpc) is 3.16. The molecule has 1 saturated heterocycles. The molecule has 2 aromatic carbocycles. The minimum Gasteiger partial charge on any atom is -0.318 e. The molecular weight excluding hydrogens is 463 g/mol. The summed E-state index contributed by atoms with van der Waals surface area (Å²) in [5.74, 6) is -0.304. The smallest absolute Gasteiger partial charge is 0.293 e. The molecule has 0 aliphatic carbocycles. The molecule has 0 bridgehead atoms. The van der Waals surface area contributed by atoms with Crippen LogP contribution in [-0.4, -0.2) is 20.6 Å². The normalized spacial score (nSPS) is 15.3. The van der Waals surface area contributed by atoms with E-state index in [-0.39, 0.29) is 17.7 Å². The van der Waals surface area contributed by atoms with Crippen LogP contribution in [0.25, 0.3) is 11.8 Å². The molecule has 1 aliphatic heterocycles. The molecule has 2 heterocycles. The van der Waals surface area contributed by atoms with Crippen LogP contribution in [0.3, 0.4) is 0 Å². The molecule has 0 atom stereocenters. The molecule has 32 heavy (non-hydrogen) atoms. The maximum absolute atomic E-state index is 13.0. The molecule has 0 radical (unpaired) electrons. The summed E-state index contributed by atoms with van der Waals surface area (Å²) in [7, 11) is 0. The van der Waals surface area contributed by atoms with E-state index in [0.29, 0.717) is 15.0 Å². The zero-order valence-corrected chi connectivity index (χ0v) is 20.5. The summed E-state index contributed by atoms with van der Waals surface area (Å²) >= 11 is 13.0. The number of hydrogen-bond acceptors (Lipinski definition) is 3. The fourth-order valence-electron chi connectivity index (χ4n) is 3.79. The first-order valence-electron chi connectivity index (χ1n) is 10.1. The van der Waals surface area contributed by atoms with E-state index in [1.807, 2.05) is 19.9 Å². The molecule has 164 valence electrons. The number of rotatable bonds is 4. The van der Waals surface area contributed by atoms with Crippen LogP contribution in [0.2, 0.25) is 10.0 Å². The third-order valence-electron chi connectivity index (χ3n) is 5.70. The van der Waals surface area contributed by atoms with Crippen molar-refractivity contribution in [3.63, 3.8) is 0 Å². The SMILES string of the molecule is Cc1ccc(-n2c(C)cc(/C=C3\SC(=O)N(Cc4ccc(Cl)c(Cl)c4)C3=O)c2C)cc1C. The lowest BCUT2D eigenvalue weighted by atomic mass is 10.1.